The van der Waals surface area contributed by atoms with Crippen LogP contribution in [0.5, 0.6) is 0 Å². The molecule has 1 aromatic heterocycles. The molecule has 2 aliphatic rings. The molecule has 154 valence electrons. The molecule has 0 unspecified atom stereocenters. The first-order valence-corrected chi connectivity index (χ1v) is 12.0. The van der Waals surface area contributed by atoms with Crippen LogP contribution in [-0.2, 0) is 0 Å². The summed E-state index contributed by atoms with van der Waals surface area (Å²) in [7, 11) is 0. The summed E-state index contributed by atoms with van der Waals surface area (Å²) in [6.45, 7) is 0. The lowest BCUT2D eigenvalue weighted by molar-refractivity contribution is 0.235. The summed E-state index contributed by atoms with van der Waals surface area (Å²) >= 11 is 6.52. The minimum atomic E-state index is 0.708. The fourth-order valence-electron chi connectivity index (χ4n) is 5.71. The second-order valence-corrected chi connectivity index (χ2v) is 9.60. The molecule has 0 radical (unpaired) electrons. The Morgan fingerprint density at radius 2 is 1.37 bits per heavy atom. The SMILES string of the molecule is Clc1cnc(-c2ccccc2)cc1-c1ccc(C2CCC(C3CCCC3)CC2)cc1. The summed E-state index contributed by atoms with van der Waals surface area (Å²) in [5.41, 5.74) is 5.80. The van der Waals surface area contributed by atoms with Gasteiger partial charge in [-0.25, -0.2) is 0 Å². The molecule has 1 heterocycles. The molecule has 5 rings (SSSR count). The van der Waals surface area contributed by atoms with Crippen LogP contribution in [0.3, 0.4) is 0 Å². The van der Waals surface area contributed by atoms with Gasteiger partial charge in [-0.15, -0.1) is 0 Å². The molecule has 2 saturated carbocycles. The molecule has 2 aromatic carbocycles. The maximum absolute atomic E-state index is 6.52. The summed E-state index contributed by atoms with van der Waals surface area (Å²) < 4.78 is 0. The molecular weight excluding hydrogens is 386 g/mol. The molecule has 2 fully saturated rings. The Hall–Kier alpha value is -2.12. The normalized spacial score (nSPS) is 22.3. The van der Waals surface area contributed by atoms with Crippen LogP contribution in [0.4, 0.5) is 0 Å². The molecule has 2 aliphatic carbocycles. The van der Waals surface area contributed by atoms with Crippen LogP contribution in [-0.4, -0.2) is 4.98 Å². The van der Waals surface area contributed by atoms with E-state index in [2.05, 4.69) is 47.4 Å². The minimum Gasteiger partial charge on any atom is -0.255 e. The highest BCUT2D eigenvalue weighted by Crippen LogP contribution is 2.44. The van der Waals surface area contributed by atoms with Crippen molar-refractivity contribution in [3.63, 3.8) is 0 Å². The number of hydrogen-bond acceptors (Lipinski definition) is 1. The number of hydrogen-bond donors (Lipinski definition) is 0. The zero-order chi connectivity index (χ0) is 20.3. The third-order valence-electron chi connectivity index (χ3n) is 7.46. The lowest BCUT2D eigenvalue weighted by Gasteiger charge is -2.32. The average molecular weight is 416 g/mol. The van der Waals surface area contributed by atoms with Crippen LogP contribution in [0.2, 0.25) is 5.02 Å². The van der Waals surface area contributed by atoms with Crippen molar-refractivity contribution in [3.8, 4) is 22.4 Å². The number of rotatable bonds is 4. The van der Waals surface area contributed by atoms with E-state index in [4.69, 9.17) is 11.6 Å². The van der Waals surface area contributed by atoms with E-state index in [9.17, 15) is 0 Å². The van der Waals surface area contributed by atoms with E-state index < -0.39 is 0 Å². The Morgan fingerprint density at radius 1 is 0.700 bits per heavy atom. The van der Waals surface area contributed by atoms with Crippen molar-refractivity contribution in [1.82, 2.24) is 4.98 Å². The smallest absolute Gasteiger partial charge is 0.0709 e. The van der Waals surface area contributed by atoms with Gasteiger partial charge in [0.05, 0.1) is 10.7 Å². The van der Waals surface area contributed by atoms with Gasteiger partial charge in [0.25, 0.3) is 0 Å². The molecule has 0 amide bonds. The second kappa shape index (κ2) is 8.94. The standard InChI is InChI=1S/C28H30ClN/c29-27-19-30-28(25-8-2-1-3-9-25)18-26(27)24-16-14-23(15-17-24)22-12-10-21(11-13-22)20-6-4-5-7-20/h1-3,8-9,14-22H,4-7,10-13H2. The first-order chi connectivity index (χ1) is 14.8. The van der Waals surface area contributed by atoms with E-state index in [0.29, 0.717) is 5.02 Å². The predicted octanol–water partition coefficient (Wildman–Crippen LogP) is 8.53. The van der Waals surface area contributed by atoms with Crippen molar-refractivity contribution in [2.75, 3.05) is 0 Å². The molecule has 0 bridgehead atoms. The molecule has 0 aliphatic heterocycles. The Morgan fingerprint density at radius 3 is 2.07 bits per heavy atom. The summed E-state index contributed by atoms with van der Waals surface area (Å²) in [5.74, 6) is 2.75. The zero-order valence-electron chi connectivity index (χ0n) is 17.6. The highest BCUT2D eigenvalue weighted by molar-refractivity contribution is 6.33. The number of aromatic nitrogens is 1. The molecule has 3 aromatic rings. The Labute approximate surface area is 185 Å². The zero-order valence-corrected chi connectivity index (χ0v) is 18.3. The molecule has 0 spiro atoms. The van der Waals surface area contributed by atoms with Gasteiger partial charge in [-0.2, -0.15) is 0 Å². The maximum atomic E-state index is 6.52. The first kappa shape index (κ1) is 19.8. The average Bonchev–Trinajstić information content (AvgIpc) is 3.35. The lowest BCUT2D eigenvalue weighted by atomic mass is 9.73. The highest BCUT2D eigenvalue weighted by Gasteiger charge is 2.29. The van der Waals surface area contributed by atoms with Crippen LogP contribution in [0.25, 0.3) is 22.4 Å². The number of pyridine rings is 1. The summed E-state index contributed by atoms with van der Waals surface area (Å²) in [6.07, 6.45) is 13.2. The van der Waals surface area contributed by atoms with Crippen molar-refractivity contribution >= 4 is 11.6 Å². The lowest BCUT2D eigenvalue weighted by Crippen LogP contribution is -2.19. The first-order valence-electron chi connectivity index (χ1n) is 11.6. The molecule has 30 heavy (non-hydrogen) atoms. The van der Waals surface area contributed by atoms with E-state index >= 15 is 0 Å². The molecule has 0 saturated heterocycles. The van der Waals surface area contributed by atoms with Crippen LogP contribution in [0.15, 0.2) is 66.9 Å². The summed E-state index contributed by atoms with van der Waals surface area (Å²) in [6, 6.07) is 21.5. The Balaban J connectivity index is 1.31. The number of nitrogens with zero attached hydrogens (tertiary/aromatic N) is 1. The van der Waals surface area contributed by atoms with Gasteiger partial charge >= 0.3 is 0 Å². The Kier molecular flexibility index (Phi) is 5.91. The van der Waals surface area contributed by atoms with Crippen molar-refractivity contribution in [2.24, 2.45) is 11.8 Å². The van der Waals surface area contributed by atoms with Gasteiger partial charge in [0, 0.05) is 17.3 Å². The van der Waals surface area contributed by atoms with Gasteiger partial charge in [0.15, 0.2) is 0 Å². The van der Waals surface area contributed by atoms with Gasteiger partial charge in [0.2, 0.25) is 0 Å². The molecular formula is C28H30ClN. The predicted molar refractivity (Wildman–Crippen MR) is 127 cm³/mol. The fourth-order valence-corrected chi connectivity index (χ4v) is 5.93. The largest absolute Gasteiger partial charge is 0.255 e. The van der Waals surface area contributed by atoms with E-state index in [1.807, 2.05) is 18.2 Å². The molecule has 0 atom stereocenters. The Bertz CT molecular complexity index is 965. The highest BCUT2D eigenvalue weighted by atomic mass is 35.5. The van der Waals surface area contributed by atoms with Crippen molar-refractivity contribution in [2.45, 2.75) is 57.3 Å². The molecule has 2 heteroatoms. The van der Waals surface area contributed by atoms with Crippen molar-refractivity contribution in [3.05, 3.63) is 77.4 Å². The fraction of sp³-hybridized carbons (Fsp3) is 0.393. The van der Waals surface area contributed by atoms with Gasteiger partial charge in [0.1, 0.15) is 0 Å². The summed E-state index contributed by atoms with van der Waals surface area (Å²) in [4.78, 5) is 4.53. The van der Waals surface area contributed by atoms with Crippen LogP contribution in [0.1, 0.15) is 62.8 Å². The second-order valence-electron chi connectivity index (χ2n) is 9.19. The van der Waals surface area contributed by atoms with E-state index in [0.717, 1.165) is 34.6 Å². The van der Waals surface area contributed by atoms with E-state index in [1.165, 1.54) is 62.5 Å². The van der Waals surface area contributed by atoms with Crippen molar-refractivity contribution < 1.29 is 0 Å². The maximum Gasteiger partial charge on any atom is 0.0709 e. The third-order valence-corrected chi connectivity index (χ3v) is 7.76. The van der Waals surface area contributed by atoms with Crippen LogP contribution in [0, 0.1) is 11.8 Å². The quantitative estimate of drug-likeness (QED) is 0.416. The number of benzene rings is 2. The van der Waals surface area contributed by atoms with Crippen LogP contribution >= 0.6 is 11.6 Å². The monoisotopic (exact) mass is 415 g/mol. The van der Waals surface area contributed by atoms with Gasteiger partial charge in [-0.3, -0.25) is 4.98 Å². The van der Waals surface area contributed by atoms with E-state index in [-0.39, 0.29) is 0 Å². The number of halogens is 1. The van der Waals surface area contributed by atoms with Gasteiger partial charge in [-0.1, -0.05) is 91.9 Å². The van der Waals surface area contributed by atoms with E-state index in [1.54, 1.807) is 6.20 Å². The van der Waals surface area contributed by atoms with Crippen molar-refractivity contribution in [1.29, 1.82) is 0 Å². The minimum absolute atomic E-state index is 0.708. The molecule has 1 nitrogen and oxygen atoms in total. The van der Waals surface area contributed by atoms with Gasteiger partial charge in [-0.05, 0) is 60.6 Å². The molecule has 0 N–H and O–H groups in total. The van der Waals surface area contributed by atoms with Gasteiger partial charge < -0.3 is 0 Å². The van der Waals surface area contributed by atoms with Crippen LogP contribution < -0.4 is 0 Å². The topological polar surface area (TPSA) is 12.9 Å². The summed E-state index contributed by atoms with van der Waals surface area (Å²) in [5, 5.41) is 0.708. The third kappa shape index (κ3) is 4.18.